The monoisotopic (exact) mass is 282 g/mol. The Labute approximate surface area is 106 Å². The summed E-state index contributed by atoms with van der Waals surface area (Å²) in [5.74, 6) is -0.593. The number of carbonyl (C=O) groups is 1. The maximum absolute atomic E-state index is 11.8. The summed E-state index contributed by atoms with van der Waals surface area (Å²) < 4.78 is 35.5. The number of amides is 1. The second kappa shape index (κ2) is 6.53. The number of nitrogens with zero attached hydrogens (tertiary/aromatic N) is 2. The number of aryl methyl sites for hydroxylation is 1. The lowest BCUT2D eigenvalue weighted by atomic mass is 10.2. The Morgan fingerprint density at radius 2 is 2.11 bits per heavy atom. The van der Waals surface area contributed by atoms with Gasteiger partial charge in [0.05, 0.1) is 6.42 Å². The van der Waals surface area contributed by atoms with E-state index in [1.807, 2.05) is 0 Å². The van der Waals surface area contributed by atoms with Crippen molar-refractivity contribution in [3.63, 3.8) is 0 Å². The molecule has 5 nitrogen and oxygen atoms in total. The van der Waals surface area contributed by atoms with Gasteiger partial charge in [0, 0.05) is 19.4 Å². The molecule has 0 aliphatic carbocycles. The average molecular weight is 282 g/mol. The van der Waals surface area contributed by atoms with Gasteiger partial charge in [-0.3, -0.25) is 4.79 Å². The molecule has 3 N–H and O–H groups in total. The van der Waals surface area contributed by atoms with E-state index in [4.69, 9.17) is 5.73 Å². The molecule has 0 fully saturated rings. The van der Waals surface area contributed by atoms with Crippen LogP contribution >= 0.6 is 11.3 Å². The van der Waals surface area contributed by atoms with Crippen LogP contribution in [-0.4, -0.2) is 28.8 Å². The second-order valence-corrected chi connectivity index (χ2v) is 4.70. The molecule has 1 aromatic rings. The maximum atomic E-state index is 11.8. The molecular weight excluding hydrogens is 269 g/mol. The third kappa shape index (κ3) is 6.38. The van der Waals surface area contributed by atoms with Crippen molar-refractivity contribution in [3.8, 4) is 0 Å². The Morgan fingerprint density at radius 1 is 1.39 bits per heavy atom. The summed E-state index contributed by atoms with van der Waals surface area (Å²) in [5, 5.41) is 10.9. The molecule has 0 unspecified atom stereocenters. The van der Waals surface area contributed by atoms with Crippen LogP contribution in [0.3, 0.4) is 0 Å². The smallest absolute Gasteiger partial charge is 0.374 e. The number of alkyl halides is 3. The van der Waals surface area contributed by atoms with E-state index in [1.165, 1.54) is 11.3 Å². The van der Waals surface area contributed by atoms with E-state index in [1.54, 1.807) is 0 Å². The molecule has 1 rings (SSSR count). The van der Waals surface area contributed by atoms with Crippen molar-refractivity contribution in [2.45, 2.75) is 31.9 Å². The molecule has 0 bridgehead atoms. The third-order valence-electron chi connectivity index (χ3n) is 2.01. The molecule has 1 aromatic heterocycles. The van der Waals surface area contributed by atoms with E-state index in [-0.39, 0.29) is 0 Å². The Morgan fingerprint density at radius 3 is 2.67 bits per heavy atom. The van der Waals surface area contributed by atoms with Crippen molar-refractivity contribution in [2.24, 2.45) is 0 Å². The van der Waals surface area contributed by atoms with Crippen molar-refractivity contribution >= 4 is 22.4 Å². The van der Waals surface area contributed by atoms with Gasteiger partial charge < -0.3 is 11.1 Å². The van der Waals surface area contributed by atoms with E-state index in [0.717, 1.165) is 5.01 Å². The lowest BCUT2D eigenvalue weighted by Crippen LogP contribution is -2.26. The molecule has 1 amide bonds. The summed E-state index contributed by atoms with van der Waals surface area (Å²) in [4.78, 5) is 11.0. The van der Waals surface area contributed by atoms with Gasteiger partial charge in [0.25, 0.3) is 0 Å². The fourth-order valence-electron chi connectivity index (χ4n) is 1.18. The molecule has 1 heterocycles. The van der Waals surface area contributed by atoms with Crippen LogP contribution in [0.15, 0.2) is 0 Å². The minimum absolute atomic E-state index is 0.316. The molecule has 0 atom stereocenters. The maximum Gasteiger partial charge on any atom is 0.389 e. The van der Waals surface area contributed by atoms with Gasteiger partial charge in [0.15, 0.2) is 0 Å². The Kier molecular flexibility index (Phi) is 5.32. The van der Waals surface area contributed by atoms with Crippen LogP contribution in [0, 0.1) is 0 Å². The minimum Gasteiger partial charge on any atom is -0.374 e. The molecular formula is C9H13F3N4OS. The van der Waals surface area contributed by atoms with Crippen LogP contribution in [-0.2, 0) is 11.2 Å². The summed E-state index contributed by atoms with van der Waals surface area (Å²) in [6, 6.07) is 0. The zero-order valence-electron chi connectivity index (χ0n) is 9.46. The van der Waals surface area contributed by atoms with Crippen molar-refractivity contribution in [3.05, 3.63) is 5.01 Å². The van der Waals surface area contributed by atoms with Crippen LogP contribution in [0.25, 0.3) is 0 Å². The van der Waals surface area contributed by atoms with Crippen molar-refractivity contribution in [1.29, 1.82) is 0 Å². The van der Waals surface area contributed by atoms with E-state index < -0.39 is 24.9 Å². The fraction of sp³-hybridized carbons (Fsp3) is 0.667. The normalized spacial score (nSPS) is 11.5. The van der Waals surface area contributed by atoms with Gasteiger partial charge in [0.2, 0.25) is 11.0 Å². The average Bonchev–Trinajstić information content (AvgIpc) is 2.67. The van der Waals surface area contributed by atoms with Gasteiger partial charge >= 0.3 is 6.18 Å². The highest BCUT2D eigenvalue weighted by Gasteiger charge is 2.27. The van der Waals surface area contributed by atoms with Gasteiger partial charge in [-0.25, -0.2) is 0 Å². The highest BCUT2D eigenvalue weighted by Crippen LogP contribution is 2.20. The predicted molar refractivity (Wildman–Crippen MR) is 60.9 cm³/mol. The van der Waals surface area contributed by atoms with Crippen molar-refractivity contribution in [2.75, 3.05) is 12.3 Å². The highest BCUT2D eigenvalue weighted by atomic mass is 32.1. The van der Waals surface area contributed by atoms with Gasteiger partial charge in [-0.05, 0) is 6.42 Å². The molecule has 0 aliphatic heterocycles. The number of nitrogens with one attached hydrogen (secondary N) is 1. The first kappa shape index (κ1) is 14.7. The lowest BCUT2D eigenvalue weighted by molar-refractivity contribution is -0.144. The topological polar surface area (TPSA) is 80.9 Å². The molecule has 102 valence electrons. The van der Waals surface area contributed by atoms with E-state index in [2.05, 4.69) is 15.5 Å². The summed E-state index contributed by atoms with van der Waals surface area (Å²) in [5.41, 5.74) is 5.38. The third-order valence-corrected chi connectivity index (χ3v) is 2.82. The molecule has 18 heavy (non-hydrogen) atoms. The van der Waals surface area contributed by atoms with Gasteiger partial charge in [0.1, 0.15) is 5.01 Å². The van der Waals surface area contributed by atoms with Crippen LogP contribution in [0.1, 0.15) is 24.3 Å². The first-order chi connectivity index (χ1) is 8.37. The van der Waals surface area contributed by atoms with Gasteiger partial charge in [-0.2, -0.15) is 13.2 Å². The quantitative estimate of drug-likeness (QED) is 0.775. The molecule has 0 radical (unpaired) electrons. The molecule has 0 aliphatic rings. The van der Waals surface area contributed by atoms with E-state index in [9.17, 15) is 18.0 Å². The first-order valence-corrected chi connectivity index (χ1v) is 6.10. The number of hydrogen-bond donors (Lipinski definition) is 2. The van der Waals surface area contributed by atoms with E-state index in [0.29, 0.717) is 24.5 Å². The van der Waals surface area contributed by atoms with E-state index >= 15 is 0 Å². The Bertz CT molecular complexity index is 393. The first-order valence-electron chi connectivity index (χ1n) is 5.28. The molecule has 0 aromatic carbocycles. The van der Waals surface area contributed by atoms with Crippen LogP contribution in [0.5, 0.6) is 0 Å². The zero-order valence-corrected chi connectivity index (χ0v) is 10.3. The number of halogens is 3. The summed E-state index contributed by atoms with van der Waals surface area (Å²) in [7, 11) is 0. The number of carbonyl (C=O) groups excluding carboxylic acids is 1. The van der Waals surface area contributed by atoms with Gasteiger partial charge in [-0.1, -0.05) is 11.3 Å². The zero-order chi connectivity index (χ0) is 13.6. The van der Waals surface area contributed by atoms with Gasteiger partial charge in [-0.15, -0.1) is 10.2 Å². The summed E-state index contributed by atoms with van der Waals surface area (Å²) >= 11 is 1.25. The molecule has 0 saturated heterocycles. The highest BCUT2D eigenvalue weighted by molar-refractivity contribution is 7.15. The molecule has 0 spiro atoms. The number of rotatable bonds is 6. The van der Waals surface area contributed by atoms with Crippen molar-refractivity contribution < 1.29 is 18.0 Å². The molecule has 9 heteroatoms. The number of hydrogen-bond acceptors (Lipinski definition) is 5. The van der Waals surface area contributed by atoms with Crippen LogP contribution in [0.2, 0.25) is 0 Å². The Hall–Kier alpha value is -1.38. The number of nitrogen functional groups attached to an aromatic ring is 1. The Balaban J connectivity index is 2.09. The summed E-state index contributed by atoms with van der Waals surface area (Å²) in [6.07, 6.45) is -4.73. The fourth-order valence-corrected chi connectivity index (χ4v) is 1.83. The number of aromatic nitrogens is 2. The molecule has 0 saturated carbocycles. The van der Waals surface area contributed by atoms with Crippen LogP contribution in [0.4, 0.5) is 18.3 Å². The van der Waals surface area contributed by atoms with Crippen LogP contribution < -0.4 is 11.1 Å². The summed E-state index contributed by atoms with van der Waals surface area (Å²) in [6.45, 7) is 0.316. The number of anilines is 1. The minimum atomic E-state index is -4.29. The van der Waals surface area contributed by atoms with Crippen molar-refractivity contribution in [1.82, 2.24) is 15.5 Å². The predicted octanol–water partition coefficient (Wildman–Crippen LogP) is 1.51. The SMILES string of the molecule is Nc1nnc(CCCNC(=O)CCC(F)(F)F)s1. The number of nitrogens with two attached hydrogens (primary N) is 1. The lowest BCUT2D eigenvalue weighted by Gasteiger charge is -2.06. The standard InChI is InChI=1S/C9H13F3N4OS/c10-9(11,12)4-3-6(17)14-5-1-2-7-15-16-8(13)18-7/h1-5H2,(H2,13,16)(H,14,17). The second-order valence-electron chi connectivity index (χ2n) is 3.60. The largest absolute Gasteiger partial charge is 0.389 e.